The molecule has 0 saturated carbocycles. The van der Waals surface area contributed by atoms with Crippen molar-refractivity contribution in [2.75, 3.05) is 0 Å². The second kappa shape index (κ2) is 2.37. The number of carbonyl (C=O) groups excluding carboxylic acids is 1. The molecule has 0 amide bonds. The summed E-state index contributed by atoms with van der Waals surface area (Å²) in [7, 11) is 0. The molecule has 0 aliphatic rings. The van der Waals surface area contributed by atoms with Gasteiger partial charge in [-0.3, -0.25) is 4.79 Å². The zero-order valence-corrected chi connectivity index (χ0v) is 5.73. The van der Waals surface area contributed by atoms with Gasteiger partial charge in [-0.15, -0.1) is 0 Å². The molecule has 1 rings (SSSR count). The third-order valence-electron chi connectivity index (χ3n) is 0.801. The molecular weight excluding hydrogens is 163 g/mol. The predicted molar refractivity (Wildman–Crippen MR) is 33.7 cm³/mol. The standard InChI is InChI=1S/C4H2Cl2N2O/c5-4(9)3-1-2-7-8(3)6/h1-2H. The summed E-state index contributed by atoms with van der Waals surface area (Å²) < 4.78 is 0.898. The van der Waals surface area contributed by atoms with E-state index in [0.717, 1.165) is 4.20 Å². The van der Waals surface area contributed by atoms with E-state index in [-0.39, 0.29) is 5.69 Å². The Bertz CT molecular complexity index is 232. The first-order valence-electron chi connectivity index (χ1n) is 2.12. The summed E-state index contributed by atoms with van der Waals surface area (Å²) in [5.74, 6) is 0. The highest BCUT2D eigenvalue weighted by Crippen LogP contribution is 2.03. The normalized spacial score (nSPS) is 9.56. The van der Waals surface area contributed by atoms with Crippen molar-refractivity contribution in [3.05, 3.63) is 18.0 Å². The van der Waals surface area contributed by atoms with Crippen molar-refractivity contribution in [1.29, 1.82) is 0 Å². The van der Waals surface area contributed by atoms with E-state index in [1.165, 1.54) is 12.3 Å². The van der Waals surface area contributed by atoms with Crippen LogP contribution in [0, 0.1) is 0 Å². The lowest BCUT2D eigenvalue weighted by atomic mass is 10.5. The van der Waals surface area contributed by atoms with Crippen LogP contribution in [0.1, 0.15) is 10.5 Å². The first kappa shape index (κ1) is 6.58. The van der Waals surface area contributed by atoms with Crippen LogP contribution in [0.3, 0.4) is 0 Å². The molecule has 0 fully saturated rings. The fourth-order valence-electron chi connectivity index (χ4n) is 0.424. The van der Waals surface area contributed by atoms with Crippen molar-refractivity contribution in [2.45, 2.75) is 0 Å². The van der Waals surface area contributed by atoms with Gasteiger partial charge in [-0.2, -0.15) is 9.30 Å². The van der Waals surface area contributed by atoms with Gasteiger partial charge in [0.15, 0.2) is 0 Å². The molecule has 1 aromatic heterocycles. The van der Waals surface area contributed by atoms with Crippen LogP contribution in [0.5, 0.6) is 0 Å². The van der Waals surface area contributed by atoms with E-state index in [2.05, 4.69) is 5.10 Å². The lowest BCUT2D eigenvalue weighted by molar-refractivity contribution is 0.107. The minimum absolute atomic E-state index is 0.179. The Morgan fingerprint density at radius 1 is 1.78 bits per heavy atom. The number of hydrogen-bond acceptors (Lipinski definition) is 2. The molecule has 1 heterocycles. The molecular formula is C4H2Cl2N2O. The Hall–Kier alpha value is -0.540. The first-order valence-corrected chi connectivity index (χ1v) is 2.83. The molecule has 0 aliphatic heterocycles. The molecule has 9 heavy (non-hydrogen) atoms. The first-order chi connectivity index (χ1) is 4.22. The monoisotopic (exact) mass is 164 g/mol. The average Bonchev–Trinajstić information content (AvgIpc) is 2.13. The summed E-state index contributed by atoms with van der Waals surface area (Å²) in [5.41, 5.74) is 0.179. The average molecular weight is 165 g/mol. The van der Waals surface area contributed by atoms with Gasteiger partial charge >= 0.3 is 0 Å². The highest BCUT2D eigenvalue weighted by Gasteiger charge is 2.05. The number of hydrogen-bond donors (Lipinski definition) is 0. The van der Waals surface area contributed by atoms with Crippen LogP contribution in [0.4, 0.5) is 0 Å². The number of halogens is 2. The minimum Gasteiger partial charge on any atom is -0.274 e. The van der Waals surface area contributed by atoms with Crippen LogP contribution >= 0.6 is 23.4 Å². The van der Waals surface area contributed by atoms with Crippen molar-refractivity contribution in [2.24, 2.45) is 0 Å². The zero-order chi connectivity index (χ0) is 6.85. The molecule has 48 valence electrons. The predicted octanol–water partition coefficient (Wildman–Crippen LogP) is 1.26. The summed E-state index contributed by atoms with van der Waals surface area (Å²) in [4.78, 5) is 10.3. The molecule has 0 radical (unpaired) electrons. The topological polar surface area (TPSA) is 34.9 Å². The van der Waals surface area contributed by atoms with Gasteiger partial charge in [-0.25, -0.2) is 0 Å². The van der Waals surface area contributed by atoms with Gasteiger partial charge in [-0.05, 0) is 17.7 Å². The van der Waals surface area contributed by atoms with Gasteiger partial charge in [0.1, 0.15) is 5.69 Å². The highest BCUT2D eigenvalue weighted by atomic mass is 35.5. The Kier molecular flexibility index (Phi) is 1.73. The van der Waals surface area contributed by atoms with Crippen molar-refractivity contribution in [3.63, 3.8) is 0 Å². The third kappa shape index (κ3) is 1.23. The Morgan fingerprint density at radius 2 is 2.44 bits per heavy atom. The van der Waals surface area contributed by atoms with E-state index >= 15 is 0 Å². The van der Waals surface area contributed by atoms with E-state index in [9.17, 15) is 4.79 Å². The van der Waals surface area contributed by atoms with Crippen LogP contribution in [0.25, 0.3) is 0 Å². The molecule has 0 unspecified atom stereocenters. The van der Waals surface area contributed by atoms with Crippen LogP contribution < -0.4 is 0 Å². The maximum absolute atomic E-state index is 10.3. The highest BCUT2D eigenvalue weighted by molar-refractivity contribution is 6.67. The molecule has 0 spiro atoms. The number of aromatic nitrogens is 2. The number of rotatable bonds is 1. The molecule has 0 N–H and O–H groups in total. The molecule has 5 heteroatoms. The SMILES string of the molecule is O=C(Cl)c1ccnn1Cl. The lowest BCUT2D eigenvalue weighted by Crippen LogP contribution is -1.94. The summed E-state index contributed by atoms with van der Waals surface area (Å²) in [6, 6.07) is 1.43. The third-order valence-corrected chi connectivity index (χ3v) is 1.26. The minimum atomic E-state index is -0.609. The quantitative estimate of drug-likeness (QED) is 0.587. The largest absolute Gasteiger partial charge is 0.274 e. The Morgan fingerprint density at radius 3 is 2.67 bits per heavy atom. The van der Waals surface area contributed by atoms with Crippen LogP contribution in [0.15, 0.2) is 12.3 Å². The second-order valence-corrected chi connectivity index (χ2v) is 2.01. The van der Waals surface area contributed by atoms with E-state index in [0.29, 0.717) is 0 Å². The molecule has 0 aromatic carbocycles. The van der Waals surface area contributed by atoms with E-state index in [4.69, 9.17) is 23.4 Å². The Balaban J connectivity index is 3.08. The number of nitrogens with zero attached hydrogens (tertiary/aromatic N) is 2. The van der Waals surface area contributed by atoms with E-state index < -0.39 is 5.24 Å². The lowest BCUT2D eigenvalue weighted by Gasteiger charge is -1.86. The maximum Gasteiger partial charge on any atom is 0.272 e. The van der Waals surface area contributed by atoms with Gasteiger partial charge in [0, 0.05) is 11.8 Å². The molecule has 0 aliphatic carbocycles. The molecule has 0 atom stereocenters. The summed E-state index contributed by atoms with van der Waals surface area (Å²) in [6.07, 6.45) is 1.39. The second-order valence-electron chi connectivity index (χ2n) is 1.35. The fraction of sp³-hybridized carbons (Fsp3) is 0. The molecule has 1 aromatic rings. The van der Waals surface area contributed by atoms with Crippen molar-refractivity contribution >= 4 is 28.6 Å². The van der Waals surface area contributed by atoms with Gasteiger partial charge in [0.25, 0.3) is 5.24 Å². The summed E-state index contributed by atoms with van der Waals surface area (Å²) in [5, 5.41) is 2.91. The maximum atomic E-state index is 10.3. The van der Waals surface area contributed by atoms with Crippen LogP contribution in [-0.2, 0) is 0 Å². The Labute approximate surface area is 61.3 Å². The number of carbonyl (C=O) groups is 1. The molecule has 0 bridgehead atoms. The van der Waals surface area contributed by atoms with Crippen LogP contribution in [0.2, 0.25) is 0 Å². The summed E-state index contributed by atoms with van der Waals surface area (Å²) >= 11 is 10.4. The van der Waals surface area contributed by atoms with Gasteiger partial charge in [-0.1, -0.05) is 0 Å². The zero-order valence-electron chi connectivity index (χ0n) is 4.21. The van der Waals surface area contributed by atoms with Crippen molar-refractivity contribution in [3.8, 4) is 0 Å². The van der Waals surface area contributed by atoms with Crippen LogP contribution in [-0.4, -0.2) is 14.5 Å². The molecule has 3 nitrogen and oxygen atoms in total. The van der Waals surface area contributed by atoms with Crippen molar-refractivity contribution < 1.29 is 4.79 Å². The smallest absolute Gasteiger partial charge is 0.272 e. The van der Waals surface area contributed by atoms with Crippen molar-refractivity contribution in [1.82, 2.24) is 9.30 Å². The molecule has 0 saturated heterocycles. The van der Waals surface area contributed by atoms with Gasteiger partial charge < -0.3 is 0 Å². The van der Waals surface area contributed by atoms with E-state index in [1.807, 2.05) is 0 Å². The van der Waals surface area contributed by atoms with Gasteiger partial charge in [0.05, 0.1) is 6.20 Å². The summed E-state index contributed by atoms with van der Waals surface area (Å²) in [6.45, 7) is 0. The fourth-order valence-corrected chi connectivity index (χ4v) is 0.794. The van der Waals surface area contributed by atoms with E-state index in [1.54, 1.807) is 0 Å². The van der Waals surface area contributed by atoms with Gasteiger partial charge in [0.2, 0.25) is 0 Å².